The molecule has 0 saturated carbocycles. The van der Waals surface area contributed by atoms with Crippen molar-refractivity contribution in [1.82, 2.24) is 8.61 Å². The highest BCUT2D eigenvalue weighted by Crippen LogP contribution is 2.28. The zero-order valence-electron chi connectivity index (χ0n) is 11.0. The standard InChI is InChI=1S/C10H20N2O5S/c1-9(2,3)12(8(13)14)18(16,17)11-6-5-10(4,15)7-11/h15H,5-7H2,1-4H3,(H,13,14). The molecule has 1 aliphatic heterocycles. The van der Waals surface area contributed by atoms with Gasteiger partial charge in [0.15, 0.2) is 0 Å². The fourth-order valence-electron chi connectivity index (χ4n) is 1.95. The van der Waals surface area contributed by atoms with Crippen LogP contribution in [-0.2, 0) is 10.2 Å². The van der Waals surface area contributed by atoms with E-state index in [2.05, 4.69) is 0 Å². The molecule has 1 heterocycles. The van der Waals surface area contributed by atoms with Crippen molar-refractivity contribution in [3.05, 3.63) is 0 Å². The van der Waals surface area contributed by atoms with E-state index < -0.39 is 27.4 Å². The lowest BCUT2D eigenvalue weighted by Gasteiger charge is -2.35. The third kappa shape index (κ3) is 2.93. The first-order valence-corrected chi connectivity index (χ1v) is 7.03. The number of nitrogens with zero attached hydrogens (tertiary/aromatic N) is 2. The average Bonchev–Trinajstić information content (AvgIpc) is 2.41. The molecule has 0 bridgehead atoms. The highest BCUT2D eigenvalue weighted by molar-refractivity contribution is 7.87. The number of hydrogen-bond donors (Lipinski definition) is 2. The smallest absolute Gasteiger partial charge is 0.422 e. The van der Waals surface area contributed by atoms with Crippen LogP contribution in [0, 0.1) is 0 Å². The van der Waals surface area contributed by atoms with E-state index in [0.717, 1.165) is 4.31 Å². The molecule has 0 aromatic rings. The molecule has 0 aromatic carbocycles. The summed E-state index contributed by atoms with van der Waals surface area (Å²) in [4.78, 5) is 11.2. The van der Waals surface area contributed by atoms with Gasteiger partial charge in [-0.15, -0.1) is 0 Å². The zero-order chi connectivity index (χ0) is 14.4. The Morgan fingerprint density at radius 3 is 2.17 bits per heavy atom. The van der Waals surface area contributed by atoms with Crippen LogP contribution in [0.25, 0.3) is 0 Å². The fourth-order valence-corrected chi connectivity index (χ4v) is 3.83. The molecule has 18 heavy (non-hydrogen) atoms. The van der Waals surface area contributed by atoms with Gasteiger partial charge in [-0.2, -0.15) is 17.0 Å². The molecular formula is C10H20N2O5S. The molecule has 106 valence electrons. The summed E-state index contributed by atoms with van der Waals surface area (Å²) in [5, 5.41) is 18.9. The summed E-state index contributed by atoms with van der Waals surface area (Å²) in [5.74, 6) is 0. The molecule has 0 radical (unpaired) electrons. The van der Waals surface area contributed by atoms with Crippen LogP contribution < -0.4 is 0 Å². The Hall–Kier alpha value is -0.860. The first-order chi connectivity index (χ1) is 7.88. The Balaban J connectivity index is 3.09. The number of β-amino-alcohol motifs (C(OH)–C–C–N with tert-alkyl or cyclic N) is 1. The van der Waals surface area contributed by atoms with Gasteiger partial charge in [0.05, 0.1) is 11.1 Å². The van der Waals surface area contributed by atoms with Crippen LogP contribution in [0.2, 0.25) is 0 Å². The number of carboxylic acid groups (broad SMARTS) is 1. The first kappa shape index (κ1) is 15.2. The van der Waals surface area contributed by atoms with E-state index in [1.54, 1.807) is 0 Å². The van der Waals surface area contributed by atoms with Gasteiger partial charge in [0, 0.05) is 13.1 Å². The lowest BCUT2D eigenvalue weighted by atomic mass is 10.1. The number of aliphatic hydroxyl groups is 1. The van der Waals surface area contributed by atoms with Crippen molar-refractivity contribution in [2.24, 2.45) is 0 Å². The monoisotopic (exact) mass is 280 g/mol. The van der Waals surface area contributed by atoms with E-state index in [1.807, 2.05) is 0 Å². The number of carbonyl (C=O) groups is 1. The Bertz CT molecular complexity index is 438. The molecule has 0 aliphatic carbocycles. The largest absolute Gasteiger partial charge is 0.464 e. The van der Waals surface area contributed by atoms with Crippen LogP contribution in [-0.4, -0.2) is 57.6 Å². The Kier molecular flexibility index (Phi) is 3.68. The molecule has 1 unspecified atom stereocenters. The lowest BCUT2D eigenvalue weighted by Crippen LogP contribution is -2.54. The third-order valence-corrected chi connectivity index (χ3v) is 4.89. The summed E-state index contributed by atoms with van der Waals surface area (Å²) in [6, 6.07) is 0. The molecule has 1 rings (SSSR count). The van der Waals surface area contributed by atoms with Crippen molar-refractivity contribution in [2.45, 2.75) is 45.3 Å². The number of hydrogen-bond acceptors (Lipinski definition) is 4. The minimum atomic E-state index is -4.12. The van der Waals surface area contributed by atoms with Crippen LogP contribution in [0.15, 0.2) is 0 Å². The molecule has 1 aliphatic rings. The SMILES string of the molecule is CC1(O)CCN(S(=O)(=O)N(C(=O)O)C(C)(C)C)C1. The predicted molar refractivity (Wildman–Crippen MR) is 65.4 cm³/mol. The van der Waals surface area contributed by atoms with Gasteiger partial charge in [-0.05, 0) is 34.1 Å². The molecule has 8 heteroatoms. The predicted octanol–water partition coefficient (Wildman–Crippen LogP) is 0.466. The summed E-state index contributed by atoms with van der Waals surface area (Å²) < 4.78 is 26.0. The second kappa shape index (κ2) is 4.36. The quantitative estimate of drug-likeness (QED) is 0.766. The molecule has 7 nitrogen and oxygen atoms in total. The van der Waals surface area contributed by atoms with Gasteiger partial charge >= 0.3 is 16.3 Å². The van der Waals surface area contributed by atoms with E-state index in [-0.39, 0.29) is 13.1 Å². The number of amides is 1. The molecule has 2 N–H and O–H groups in total. The molecular weight excluding hydrogens is 260 g/mol. The van der Waals surface area contributed by atoms with E-state index in [9.17, 15) is 18.3 Å². The normalized spacial score (nSPS) is 26.3. The second-order valence-corrected chi connectivity index (χ2v) is 7.58. The van der Waals surface area contributed by atoms with Crippen molar-refractivity contribution < 1.29 is 23.4 Å². The van der Waals surface area contributed by atoms with E-state index in [0.29, 0.717) is 10.7 Å². The Labute approximate surface area is 107 Å². The molecule has 1 amide bonds. The molecule has 1 atom stereocenters. The maximum absolute atomic E-state index is 12.3. The molecule has 1 fully saturated rings. The summed E-state index contributed by atoms with van der Waals surface area (Å²) in [6.07, 6.45) is -1.22. The summed E-state index contributed by atoms with van der Waals surface area (Å²) >= 11 is 0. The van der Waals surface area contributed by atoms with Crippen molar-refractivity contribution in [1.29, 1.82) is 0 Å². The van der Waals surface area contributed by atoms with Gasteiger partial charge in [-0.1, -0.05) is 0 Å². The minimum absolute atomic E-state index is 0.0881. The van der Waals surface area contributed by atoms with E-state index in [4.69, 9.17) is 5.11 Å². The first-order valence-electron chi connectivity index (χ1n) is 5.64. The number of rotatable bonds is 2. The fraction of sp³-hybridized carbons (Fsp3) is 0.900. The van der Waals surface area contributed by atoms with Crippen molar-refractivity contribution in [3.8, 4) is 0 Å². The third-order valence-electron chi connectivity index (χ3n) is 2.76. The Morgan fingerprint density at radius 2 is 1.89 bits per heavy atom. The molecule has 0 aromatic heterocycles. The maximum atomic E-state index is 12.3. The van der Waals surface area contributed by atoms with Gasteiger partial charge in [-0.25, -0.2) is 4.79 Å². The van der Waals surface area contributed by atoms with Crippen LogP contribution in [0.5, 0.6) is 0 Å². The highest BCUT2D eigenvalue weighted by Gasteiger charge is 2.45. The highest BCUT2D eigenvalue weighted by atomic mass is 32.2. The molecule has 1 saturated heterocycles. The van der Waals surface area contributed by atoms with Crippen molar-refractivity contribution >= 4 is 16.3 Å². The average molecular weight is 280 g/mol. The minimum Gasteiger partial charge on any atom is -0.464 e. The van der Waals surface area contributed by atoms with Gasteiger partial charge in [-0.3, -0.25) is 0 Å². The van der Waals surface area contributed by atoms with Crippen molar-refractivity contribution in [2.75, 3.05) is 13.1 Å². The molecule has 0 spiro atoms. The summed E-state index contributed by atoms with van der Waals surface area (Å²) in [6.45, 7) is 6.09. The van der Waals surface area contributed by atoms with Gasteiger partial charge < -0.3 is 10.2 Å². The maximum Gasteiger partial charge on any atom is 0.422 e. The van der Waals surface area contributed by atoms with Crippen molar-refractivity contribution in [3.63, 3.8) is 0 Å². The van der Waals surface area contributed by atoms with Crippen LogP contribution in [0.4, 0.5) is 4.79 Å². The van der Waals surface area contributed by atoms with Gasteiger partial charge in [0.1, 0.15) is 0 Å². The second-order valence-electron chi connectivity index (χ2n) is 5.81. The van der Waals surface area contributed by atoms with E-state index in [1.165, 1.54) is 27.7 Å². The topological polar surface area (TPSA) is 98.2 Å². The van der Waals surface area contributed by atoms with Gasteiger partial charge in [0.2, 0.25) is 0 Å². The van der Waals surface area contributed by atoms with Crippen LogP contribution in [0.3, 0.4) is 0 Å². The van der Waals surface area contributed by atoms with Gasteiger partial charge in [0.25, 0.3) is 0 Å². The van der Waals surface area contributed by atoms with E-state index >= 15 is 0 Å². The lowest BCUT2D eigenvalue weighted by molar-refractivity contribution is 0.0749. The zero-order valence-corrected chi connectivity index (χ0v) is 11.9. The summed E-state index contributed by atoms with van der Waals surface area (Å²) in [7, 11) is -4.12. The summed E-state index contributed by atoms with van der Waals surface area (Å²) in [5.41, 5.74) is -2.17. The Morgan fingerprint density at radius 1 is 1.39 bits per heavy atom. The van der Waals surface area contributed by atoms with Crippen LogP contribution in [0.1, 0.15) is 34.1 Å². The van der Waals surface area contributed by atoms with Crippen LogP contribution >= 0.6 is 0 Å².